The summed E-state index contributed by atoms with van der Waals surface area (Å²) in [5, 5.41) is 2.78. The van der Waals surface area contributed by atoms with Gasteiger partial charge in [-0.1, -0.05) is 0 Å². The lowest BCUT2D eigenvalue weighted by atomic mass is 9.92. The summed E-state index contributed by atoms with van der Waals surface area (Å²) in [4.78, 5) is 10.8. The highest BCUT2D eigenvalue weighted by Crippen LogP contribution is 2.13. The van der Waals surface area contributed by atoms with Crippen molar-refractivity contribution in [2.75, 3.05) is 0 Å². The van der Waals surface area contributed by atoms with Crippen molar-refractivity contribution in [1.29, 1.82) is 0 Å². The molecule has 12 heavy (non-hydrogen) atoms. The molecule has 0 rings (SSSR count). The molecule has 4 heteroatoms. The molecule has 0 spiro atoms. The van der Waals surface area contributed by atoms with Crippen LogP contribution < -0.4 is 16.8 Å². The molecule has 0 aromatic heterocycles. The fourth-order valence-electron chi connectivity index (χ4n) is 1.47. The molecule has 0 heterocycles. The summed E-state index contributed by atoms with van der Waals surface area (Å²) < 4.78 is 0. The van der Waals surface area contributed by atoms with E-state index in [1.54, 1.807) is 6.92 Å². The minimum Gasteiger partial charge on any atom is -0.351 e. The van der Waals surface area contributed by atoms with Crippen molar-refractivity contribution in [3.05, 3.63) is 0 Å². The lowest BCUT2D eigenvalue weighted by Gasteiger charge is -2.32. The quantitative estimate of drug-likeness (QED) is 0.522. The number of carbonyl (C=O) groups excluding carboxylic acids is 1. The molecule has 4 nitrogen and oxygen atoms in total. The molecule has 0 bridgehead atoms. The first-order valence-corrected chi connectivity index (χ1v) is 3.99. The Balaban J connectivity index is 4.13. The molecule has 0 aromatic carbocycles. The fourth-order valence-corrected chi connectivity index (χ4v) is 1.47. The summed E-state index contributed by atoms with van der Waals surface area (Å²) in [6.07, 6.45) is 0.541. The van der Waals surface area contributed by atoms with Crippen molar-refractivity contribution in [3.8, 4) is 0 Å². The molecular formula is C8H19N3O. The van der Waals surface area contributed by atoms with E-state index in [9.17, 15) is 4.79 Å². The van der Waals surface area contributed by atoms with E-state index in [-0.39, 0.29) is 11.4 Å². The summed E-state index contributed by atoms with van der Waals surface area (Å²) in [6.45, 7) is 7.00. The second kappa shape index (κ2) is 3.41. The van der Waals surface area contributed by atoms with Gasteiger partial charge in [-0.15, -0.1) is 0 Å². The molecule has 0 aliphatic rings. The van der Waals surface area contributed by atoms with Crippen LogP contribution in [0, 0.1) is 0 Å². The van der Waals surface area contributed by atoms with Crippen molar-refractivity contribution < 1.29 is 4.79 Å². The number of nitrogens with two attached hydrogens (primary N) is 2. The molecule has 0 fully saturated rings. The zero-order valence-electron chi connectivity index (χ0n) is 8.27. The maximum absolute atomic E-state index is 10.8. The van der Waals surface area contributed by atoms with Gasteiger partial charge in [0.2, 0.25) is 5.91 Å². The van der Waals surface area contributed by atoms with Gasteiger partial charge in [0.25, 0.3) is 0 Å². The van der Waals surface area contributed by atoms with Crippen LogP contribution >= 0.6 is 0 Å². The van der Waals surface area contributed by atoms with Crippen molar-refractivity contribution in [3.63, 3.8) is 0 Å². The first-order valence-electron chi connectivity index (χ1n) is 3.99. The standard InChI is InChI=1S/C8H19N3O/c1-6(12)11-7(2,3)5-8(4,9)10/h5,9-10H2,1-4H3,(H,11,12). The van der Waals surface area contributed by atoms with Gasteiger partial charge in [0, 0.05) is 18.9 Å². The van der Waals surface area contributed by atoms with Gasteiger partial charge >= 0.3 is 0 Å². The highest BCUT2D eigenvalue weighted by molar-refractivity contribution is 5.73. The molecule has 0 aliphatic heterocycles. The highest BCUT2D eigenvalue weighted by Gasteiger charge is 2.26. The molecule has 0 radical (unpaired) electrons. The third kappa shape index (κ3) is 6.12. The minimum atomic E-state index is -0.744. The van der Waals surface area contributed by atoms with E-state index in [1.807, 2.05) is 13.8 Å². The predicted molar refractivity (Wildman–Crippen MR) is 49.3 cm³/mol. The summed E-state index contributed by atoms with van der Waals surface area (Å²) in [5.74, 6) is -0.0655. The molecule has 0 aliphatic carbocycles. The Bertz CT molecular complexity index is 170. The van der Waals surface area contributed by atoms with Crippen LogP contribution in [0.25, 0.3) is 0 Å². The van der Waals surface area contributed by atoms with Gasteiger partial charge in [-0.2, -0.15) is 0 Å². The molecule has 0 unspecified atom stereocenters. The van der Waals surface area contributed by atoms with Gasteiger partial charge in [0.05, 0.1) is 5.66 Å². The second-order valence-corrected chi connectivity index (χ2v) is 4.25. The topological polar surface area (TPSA) is 81.1 Å². The van der Waals surface area contributed by atoms with Crippen LogP contribution in [0.1, 0.15) is 34.1 Å². The summed E-state index contributed by atoms with van der Waals surface area (Å²) in [7, 11) is 0. The van der Waals surface area contributed by atoms with Crippen LogP contribution in [-0.4, -0.2) is 17.1 Å². The number of hydrogen-bond donors (Lipinski definition) is 3. The third-order valence-electron chi connectivity index (χ3n) is 1.34. The van der Waals surface area contributed by atoms with E-state index < -0.39 is 5.66 Å². The number of nitrogens with one attached hydrogen (secondary N) is 1. The van der Waals surface area contributed by atoms with E-state index in [2.05, 4.69) is 5.32 Å². The first-order chi connectivity index (χ1) is 5.12. The Kier molecular flexibility index (Phi) is 3.24. The van der Waals surface area contributed by atoms with Gasteiger partial charge in [-0.25, -0.2) is 0 Å². The predicted octanol–water partition coefficient (Wildman–Crippen LogP) is -0.0752. The van der Waals surface area contributed by atoms with E-state index >= 15 is 0 Å². The number of carbonyl (C=O) groups is 1. The minimum absolute atomic E-state index is 0.0655. The number of amides is 1. The highest BCUT2D eigenvalue weighted by atomic mass is 16.1. The smallest absolute Gasteiger partial charge is 0.217 e. The van der Waals surface area contributed by atoms with E-state index in [0.717, 1.165) is 0 Å². The molecule has 0 aromatic rings. The van der Waals surface area contributed by atoms with Gasteiger partial charge in [-0.05, 0) is 20.8 Å². The van der Waals surface area contributed by atoms with Crippen LogP contribution in [0.2, 0.25) is 0 Å². The SMILES string of the molecule is CC(=O)NC(C)(C)CC(C)(N)N. The number of hydrogen-bond acceptors (Lipinski definition) is 3. The van der Waals surface area contributed by atoms with Gasteiger partial charge in [-0.3, -0.25) is 4.79 Å². The lowest BCUT2D eigenvalue weighted by Crippen LogP contribution is -2.55. The van der Waals surface area contributed by atoms with Crippen molar-refractivity contribution in [2.45, 2.75) is 45.3 Å². The Morgan fingerprint density at radius 3 is 2.00 bits per heavy atom. The molecule has 72 valence electrons. The van der Waals surface area contributed by atoms with Crippen LogP contribution in [0.3, 0.4) is 0 Å². The Morgan fingerprint density at radius 1 is 1.33 bits per heavy atom. The van der Waals surface area contributed by atoms with Gasteiger partial charge < -0.3 is 16.8 Å². The van der Waals surface area contributed by atoms with Gasteiger partial charge in [0.15, 0.2) is 0 Å². The molecule has 5 N–H and O–H groups in total. The lowest BCUT2D eigenvalue weighted by molar-refractivity contribution is -0.120. The van der Waals surface area contributed by atoms with Crippen LogP contribution in [0.5, 0.6) is 0 Å². The van der Waals surface area contributed by atoms with Crippen LogP contribution in [0.15, 0.2) is 0 Å². The molecule has 0 atom stereocenters. The van der Waals surface area contributed by atoms with Crippen LogP contribution in [-0.2, 0) is 4.79 Å². The second-order valence-electron chi connectivity index (χ2n) is 4.25. The average Bonchev–Trinajstić information content (AvgIpc) is 1.48. The zero-order chi connectivity index (χ0) is 9.99. The Hall–Kier alpha value is -0.610. The summed E-state index contributed by atoms with van der Waals surface area (Å²) >= 11 is 0. The summed E-state index contributed by atoms with van der Waals surface area (Å²) in [6, 6.07) is 0. The summed E-state index contributed by atoms with van der Waals surface area (Å²) in [5.41, 5.74) is 10.2. The van der Waals surface area contributed by atoms with Crippen molar-refractivity contribution in [1.82, 2.24) is 5.32 Å². The first kappa shape index (κ1) is 11.4. The largest absolute Gasteiger partial charge is 0.351 e. The Morgan fingerprint density at radius 2 is 1.75 bits per heavy atom. The molecular weight excluding hydrogens is 154 g/mol. The molecule has 1 amide bonds. The normalized spacial score (nSPS) is 12.8. The van der Waals surface area contributed by atoms with Gasteiger partial charge in [0.1, 0.15) is 0 Å². The van der Waals surface area contributed by atoms with E-state index in [1.165, 1.54) is 6.92 Å². The van der Waals surface area contributed by atoms with Crippen molar-refractivity contribution in [2.24, 2.45) is 11.5 Å². The van der Waals surface area contributed by atoms with E-state index in [0.29, 0.717) is 6.42 Å². The van der Waals surface area contributed by atoms with Crippen molar-refractivity contribution >= 4 is 5.91 Å². The zero-order valence-corrected chi connectivity index (χ0v) is 8.27. The third-order valence-corrected chi connectivity index (χ3v) is 1.34. The Labute approximate surface area is 73.7 Å². The average molecular weight is 173 g/mol. The maximum Gasteiger partial charge on any atom is 0.217 e. The maximum atomic E-state index is 10.8. The van der Waals surface area contributed by atoms with E-state index in [4.69, 9.17) is 11.5 Å². The number of rotatable bonds is 3. The monoisotopic (exact) mass is 173 g/mol. The molecule has 0 saturated carbocycles. The fraction of sp³-hybridized carbons (Fsp3) is 0.875. The molecule has 0 saturated heterocycles. The van der Waals surface area contributed by atoms with Crippen LogP contribution in [0.4, 0.5) is 0 Å².